The number of hydrogen-bond donors (Lipinski definition) is 0. The number of hydrogen-bond acceptors (Lipinski definition) is 2. The molecule has 1 aliphatic rings. The van der Waals surface area contributed by atoms with Gasteiger partial charge in [0.15, 0.2) is 0 Å². The molecule has 0 N–H and O–H groups in total. The van der Waals surface area contributed by atoms with Gasteiger partial charge in [-0.15, -0.1) is 0 Å². The Kier molecular flexibility index (Phi) is 3.08. The third-order valence-corrected chi connectivity index (χ3v) is 3.71. The lowest BCUT2D eigenvalue weighted by Crippen LogP contribution is -2.30. The first-order valence-corrected chi connectivity index (χ1v) is 6.36. The Morgan fingerprint density at radius 1 is 1.06 bits per heavy atom. The van der Waals surface area contributed by atoms with Gasteiger partial charge < -0.3 is 0 Å². The fourth-order valence-electron chi connectivity index (χ4n) is 2.04. The minimum atomic E-state index is -0.234. The second kappa shape index (κ2) is 4.26. The van der Waals surface area contributed by atoms with E-state index in [1.165, 1.54) is 4.90 Å². The van der Waals surface area contributed by atoms with E-state index in [1.54, 1.807) is 19.9 Å². The SMILES string of the molecule is Cc1cc(Br)cc(N2C(=O)C(C)C(C)C2=O)c1. The number of aryl methyl sites for hydroxylation is 1. The first-order valence-electron chi connectivity index (χ1n) is 5.57. The van der Waals surface area contributed by atoms with Crippen LogP contribution in [0.1, 0.15) is 19.4 Å². The molecule has 0 saturated carbocycles. The monoisotopic (exact) mass is 295 g/mol. The van der Waals surface area contributed by atoms with Crippen LogP contribution in [0.4, 0.5) is 5.69 Å². The van der Waals surface area contributed by atoms with E-state index in [4.69, 9.17) is 0 Å². The third-order valence-electron chi connectivity index (χ3n) is 3.25. The Bertz CT molecular complexity index is 458. The summed E-state index contributed by atoms with van der Waals surface area (Å²) < 4.78 is 0.875. The molecule has 0 bridgehead atoms. The van der Waals surface area contributed by atoms with E-state index in [-0.39, 0.29) is 23.7 Å². The van der Waals surface area contributed by atoms with Gasteiger partial charge in [-0.2, -0.15) is 0 Å². The second-order valence-corrected chi connectivity index (χ2v) is 5.49. The quantitative estimate of drug-likeness (QED) is 0.747. The van der Waals surface area contributed by atoms with E-state index in [2.05, 4.69) is 15.9 Å². The first-order chi connectivity index (χ1) is 7.91. The minimum Gasteiger partial charge on any atom is -0.274 e. The molecular weight excluding hydrogens is 282 g/mol. The topological polar surface area (TPSA) is 37.4 Å². The van der Waals surface area contributed by atoms with Crippen LogP contribution < -0.4 is 4.90 Å². The number of rotatable bonds is 1. The highest BCUT2D eigenvalue weighted by Gasteiger charge is 2.43. The molecule has 2 atom stereocenters. The average molecular weight is 296 g/mol. The minimum absolute atomic E-state index is 0.111. The van der Waals surface area contributed by atoms with Crippen LogP contribution >= 0.6 is 15.9 Å². The largest absolute Gasteiger partial charge is 0.274 e. The van der Waals surface area contributed by atoms with Crippen molar-refractivity contribution < 1.29 is 9.59 Å². The predicted molar refractivity (Wildman–Crippen MR) is 69.7 cm³/mol. The summed E-state index contributed by atoms with van der Waals surface area (Å²) in [6.45, 7) is 5.54. The number of benzene rings is 1. The molecule has 1 fully saturated rings. The van der Waals surface area contributed by atoms with Crippen molar-refractivity contribution in [3.8, 4) is 0 Å². The van der Waals surface area contributed by atoms with Gasteiger partial charge in [-0.1, -0.05) is 29.8 Å². The van der Waals surface area contributed by atoms with Crippen LogP contribution in [0.3, 0.4) is 0 Å². The zero-order valence-electron chi connectivity index (χ0n) is 10.0. The van der Waals surface area contributed by atoms with Crippen LogP contribution in [0.25, 0.3) is 0 Å². The van der Waals surface area contributed by atoms with Crippen molar-refractivity contribution in [3.63, 3.8) is 0 Å². The van der Waals surface area contributed by atoms with Crippen LogP contribution in [0.2, 0.25) is 0 Å². The molecule has 2 rings (SSSR count). The second-order valence-electron chi connectivity index (χ2n) is 4.58. The molecule has 0 aromatic heterocycles. The Morgan fingerprint density at radius 2 is 1.59 bits per heavy atom. The number of carbonyl (C=O) groups excluding carboxylic acids is 2. The summed E-state index contributed by atoms with van der Waals surface area (Å²) in [6, 6.07) is 5.60. The maximum Gasteiger partial charge on any atom is 0.237 e. The summed E-state index contributed by atoms with van der Waals surface area (Å²) in [7, 11) is 0. The summed E-state index contributed by atoms with van der Waals surface area (Å²) in [4.78, 5) is 25.4. The highest BCUT2D eigenvalue weighted by molar-refractivity contribution is 9.10. The molecule has 2 amide bonds. The lowest BCUT2D eigenvalue weighted by molar-refractivity contribution is -0.122. The van der Waals surface area contributed by atoms with Gasteiger partial charge in [0.25, 0.3) is 0 Å². The van der Waals surface area contributed by atoms with Gasteiger partial charge in [0, 0.05) is 16.3 Å². The lowest BCUT2D eigenvalue weighted by atomic mass is 10.00. The maximum atomic E-state index is 12.0. The Hall–Kier alpha value is -1.16. The molecule has 0 radical (unpaired) electrons. The number of anilines is 1. The molecule has 1 aliphatic heterocycles. The van der Waals surface area contributed by atoms with Gasteiger partial charge >= 0.3 is 0 Å². The molecule has 1 heterocycles. The highest BCUT2D eigenvalue weighted by Crippen LogP contribution is 2.32. The van der Waals surface area contributed by atoms with Gasteiger partial charge in [-0.05, 0) is 30.7 Å². The lowest BCUT2D eigenvalue weighted by Gasteiger charge is -2.15. The highest BCUT2D eigenvalue weighted by atomic mass is 79.9. The molecule has 17 heavy (non-hydrogen) atoms. The van der Waals surface area contributed by atoms with Crippen molar-refractivity contribution in [3.05, 3.63) is 28.2 Å². The van der Waals surface area contributed by atoms with Crippen molar-refractivity contribution in [2.24, 2.45) is 11.8 Å². The van der Waals surface area contributed by atoms with Crippen molar-refractivity contribution in [1.29, 1.82) is 0 Å². The zero-order chi connectivity index (χ0) is 12.7. The fraction of sp³-hybridized carbons (Fsp3) is 0.385. The van der Waals surface area contributed by atoms with Crippen LogP contribution in [-0.4, -0.2) is 11.8 Å². The molecule has 4 heteroatoms. The average Bonchev–Trinajstić information content (AvgIpc) is 2.42. The first kappa shape index (κ1) is 12.3. The van der Waals surface area contributed by atoms with Crippen LogP contribution in [0.15, 0.2) is 22.7 Å². The standard InChI is InChI=1S/C13H14BrNO2/c1-7-4-10(14)6-11(5-7)15-12(16)8(2)9(3)13(15)17/h4-6,8-9H,1-3H3. The van der Waals surface area contributed by atoms with Gasteiger partial charge in [0.1, 0.15) is 0 Å². The molecule has 1 saturated heterocycles. The van der Waals surface area contributed by atoms with E-state index >= 15 is 0 Å². The van der Waals surface area contributed by atoms with Gasteiger partial charge in [-0.3, -0.25) is 14.5 Å². The number of nitrogens with zero attached hydrogens (tertiary/aromatic N) is 1. The van der Waals surface area contributed by atoms with Crippen LogP contribution in [-0.2, 0) is 9.59 Å². The normalized spacial score (nSPS) is 24.6. The summed E-state index contributed by atoms with van der Waals surface area (Å²) in [5, 5.41) is 0. The van der Waals surface area contributed by atoms with Gasteiger partial charge in [0.2, 0.25) is 11.8 Å². The Labute approximate surface area is 109 Å². The van der Waals surface area contributed by atoms with E-state index in [1.807, 2.05) is 19.1 Å². The van der Waals surface area contributed by atoms with Crippen LogP contribution in [0.5, 0.6) is 0 Å². The Balaban J connectivity index is 2.47. The van der Waals surface area contributed by atoms with Crippen molar-refractivity contribution in [2.75, 3.05) is 4.90 Å². The van der Waals surface area contributed by atoms with Gasteiger partial charge in [-0.25, -0.2) is 0 Å². The van der Waals surface area contributed by atoms with E-state index < -0.39 is 0 Å². The number of imide groups is 1. The van der Waals surface area contributed by atoms with E-state index in [0.29, 0.717) is 5.69 Å². The summed E-state index contributed by atoms with van der Waals surface area (Å²) in [5.41, 5.74) is 1.67. The molecule has 3 nitrogen and oxygen atoms in total. The zero-order valence-corrected chi connectivity index (χ0v) is 11.6. The summed E-state index contributed by atoms with van der Waals surface area (Å²) in [6.07, 6.45) is 0. The molecule has 1 aromatic carbocycles. The Morgan fingerprint density at radius 3 is 2.06 bits per heavy atom. The van der Waals surface area contributed by atoms with Crippen molar-refractivity contribution >= 4 is 33.4 Å². The third kappa shape index (κ3) is 2.02. The predicted octanol–water partition coefficient (Wildman–Crippen LogP) is 2.90. The number of carbonyl (C=O) groups is 2. The fourth-order valence-corrected chi connectivity index (χ4v) is 2.64. The van der Waals surface area contributed by atoms with Crippen molar-refractivity contribution in [2.45, 2.75) is 20.8 Å². The van der Waals surface area contributed by atoms with E-state index in [0.717, 1.165) is 10.0 Å². The van der Waals surface area contributed by atoms with Crippen LogP contribution in [0, 0.1) is 18.8 Å². The van der Waals surface area contributed by atoms with Gasteiger partial charge in [0.05, 0.1) is 5.69 Å². The molecule has 0 spiro atoms. The molecule has 0 aliphatic carbocycles. The number of amides is 2. The smallest absolute Gasteiger partial charge is 0.237 e. The molecular formula is C13H14BrNO2. The summed E-state index contributed by atoms with van der Waals surface area (Å²) in [5.74, 6) is -0.691. The summed E-state index contributed by atoms with van der Waals surface area (Å²) >= 11 is 3.38. The molecule has 1 aromatic rings. The molecule has 90 valence electrons. The van der Waals surface area contributed by atoms with Crippen molar-refractivity contribution in [1.82, 2.24) is 0 Å². The van der Waals surface area contributed by atoms with E-state index in [9.17, 15) is 9.59 Å². The molecule has 2 unspecified atom stereocenters. The number of halogens is 1. The maximum absolute atomic E-state index is 12.0.